The number of fused-ring (bicyclic) bond motifs is 1. The molecule has 0 unspecified atom stereocenters. The Morgan fingerprint density at radius 3 is 2.59 bits per heavy atom. The lowest BCUT2D eigenvalue weighted by molar-refractivity contribution is 0.106. The lowest BCUT2D eigenvalue weighted by Gasteiger charge is -2.15. The molecule has 0 bridgehead atoms. The largest absolute Gasteiger partial charge is 0.505 e. The predicted octanol–water partition coefficient (Wildman–Crippen LogP) is 3.10. The topological polar surface area (TPSA) is 133 Å². The first-order valence-electron chi connectivity index (χ1n) is 10.3. The molecule has 0 atom stereocenters. The molecule has 0 fully saturated rings. The molecule has 0 radical (unpaired) electrons. The summed E-state index contributed by atoms with van der Waals surface area (Å²) in [6.45, 7) is 5.88. The van der Waals surface area contributed by atoms with Crippen LogP contribution in [0.3, 0.4) is 0 Å². The van der Waals surface area contributed by atoms with Crippen LogP contribution in [-0.2, 0) is 4.74 Å². The highest BCUT2D eigenvalue weighted by Crippen LogP contribution is 2.23. The molecule has 0 aliphatic carbocycles. The van der Waals surface area contributed by atoms with Crippen LogP contribution < -0.4 is 27.1 Å². The third-order valence-corrected chi connectivity index (χ3v) is 4.22. The van der Waals surface area contributed by atoms with Crippen molar-refractivity contribution in [3.8, 4) is 11.5 Å². The van der Waals surface area contributed by atoms with Crippen LogP contribution in [0, 0.1) is 5.82 Å². The Hall–Kier alpha value is -3.40. The lowest BCUT2D eigenvalue weighted by Crippen LogP contribution is -2.25. The standard InChI is InChI=1S/C21H24FN5O3.C2H6/c22-17-12-15(2-6-21(17)28)27(25)13-18(24)20-4-1-14-11-16(3-5-19(14)26-20)30-10-9-29-8-7-23;1-2/h1-6,11-13,28H,7-10,23-25H2;1-2H3/b18-13-;. The predicted molar refractivity (Wildman–Crippen MR) is 125 cm³/mol. The zero-order valence-corrected chi connectivity index (χ0v) is 18.3. The van der Waals surface area contributed by atoms with Crippen molar-refractivity contribution >= 4 is 22.3 Å². The number of aromatic hydroxyl groups is 1. The Balaban J connectivity index is 0.00000176. The molecule has 9 heteroatoms. The number of pyridine rings is 1. The number of phenols is 1. The zero-order chi connectivity index (χ0) is 23.5. The molecule has 1 aromatic heterocycles. The minimum absolute atomic E-state index is 0.297. The van der Waals surface area contributed by atoms with E-state index >= 15 is 0 Å². The Labute approximate surface area is 187 Å². The van der Waals surface area contributed by atoms with Gasteiger partial charge in [0.05, 0.1) is 35.8 Å². The van der Waals surface area contributed by atoms with E-state index in [2.05, 4.69) is 4.98 Å². The zero-order valence-electron chi connectivity index (χ0n) is 18.3. The number of ether oxygens (including phenoxy) is 2. The summed E-state index contributed by atoms with van der Waals surface area (Å²) in [5, 5.41) is 11.3. The van der Waals surface area contributed by atoms with E-state index in [0.29, 0.717) is 49.2 Å². The smallest absolute Gasteiger partial charge is 0.166 e. The van der Waals surface area contributed by atoms with Crippen LogP contribution in [0.15, 0.2) is 54.7 Å². The molecule has 0 aliphatic heterocycles. The molecule has 172 valence electrons. The average Bonchev–Trinajstić information content (AvgIpc) is 2.81. The van der Waals surface area contributed by atoms with E-state index in [0.717, 1.165) is 22.0 Å². The quantitative estimate of drug-likeness (QED) is 0.225. The van der Waals surface area contributed by atoms with E-state index in [1.807, 2.05) is 38.1 Å². The lowest BCUT2D eigenvalue weighted by atomic mass is 10.1. The molecule has 2 aromatic carbocycles. The normalized spacial score (nSPS) is 11.1. The summed E-state index contributed by atoms with van der Waals surface area (Å²) < 4.78 is 24.5. The summed E-state index contributed by atoms with van der Waals surface area (Å²) in [6, 6.07) is 12.9. The van der Waals surface area contributed by atoms with Gasteiger partial charge in [-0.3, -0.25) is 5.01 Å². The number of hydrogen-bond acceptors (Lipinski definition) is 8. The van der Waals surface area contributed by atoms with Crippen molar-refractivity contribution in [1.29, 1.82) is 0 Å². The van der Waals surface area contributed by atoms with Gasteiger partial charge < -0.3 is 26.0 Å². The van der Waals surface area contributed by atoms with Crippen molar-refractivity contribution < 1.29 is 19.0 Å². The summed E-state index contributed by atoms with van der Waals surface area (Å²) in [5.41, 5.74) is 13.3. The average molecular weight is 444 g/mol. The second kappa shape index (κ2) is 12.5. The van der Waals surface area contributed by atoms with Gasteiger partial charge in [0.15, 0.2) is 11.6 Å². The highest BCUT2D eigenvalue weighted by Gasteiger charge is 2.08. The van der Waals surface area contributed by atoms with Crippen LogP contribution in [0.5, 0.6) is 11.5 Å². The molecule has 3 aromatic rings. The molecule has 0 saturated heterocycles. The van der Waals surface area contributed by atoms with Gasteiger partial charge >= 0.3 is 0 Å². The summed E-state index contributed by atoms with van der Waals surface area (Å²) in [5.74, 6) is 5.41. The molecule has 0 aliphatic rings. The second-order valence-electron chi connectivity index (χ2n) is 6.43. The van der Waals surface area contributed by atoms with Gasteiger partial charge in [-0.2, -0.15) is 0 Å². The van der Waals surface area contributed by atoms with E-state index < -0.39 is 11.6 Å². The van der Waals surface area contributed by atoms with Gasteiger partial charge in [-0.05, 0) is 36.4 Å². The minimum atomic E-state index is -0.775. The van der Waals surface area contributed by atoms with Crippen molar-refractivity contribution in [3.05, 3.63) is 66.2 Å². The highest BCUT2D eigenvalue weighted by atomic mass is 19.1. The number of nitrogens with zero attached hydrogens (tertiary/aromatic N) is 2. The first-order chi connectivity index (χ1) is 15.5. The number of aromatic nitrogens is 1. The van der Waals surface area contributed by atoms with E-state index in [-0.39, 0.29) is 0 Å². The number of phenolic OH excluding ortho intramolecular Hbond substituents is 1. The van der Waals surface area contributed by atoms with E-state index in [4.69, 9.17) is 26.8 Å². The fourth-order valence-corrected chi connectivity index (χ4v) is 2.70. The van der Waals surface area contributed by atoms with E-state index in [1.54, 1.807) is 6.07 Å². The first kappa shape index (κ1) is 24.9. The third-order valence-electron chi connectivity index (χ3n) is 4.22. The summed E-state index contributed by atoms with van der Waals surface area (Å²) in [4.78, 5) is 4.53. The number of hydrazine groups is 1. The number of anilines is 1. The number of nitrogens with two attached hydrogens (primary N) is 3. The molecule has 3 rings (SSSR count). The molecule has 0 spiro atoms. The van der Waals surface area contributed by atoms with Crippen LogP contribution in [0.25, 0.3) is 16.6 Å². The molecule has 32 heavy (non-hydrogen) atoms. The summed E-state index contributed by atoms with van der Waals surface area (Å²) in [6.07, 6.45) is 1.43. The van der Waals surface area contributed by atoms with Crippen LogP contribution >= 0.6 is 0 Å². The van der Waals surface area contributed by atoms with Gasteiger partial charge in [0.25, 0.3) is 0 Å². The number of benzene rings is 2. The maximum Gasteiger partial charge on any atom is 0.166 e. The fraction of sp³-hybridized carbons (Fsp3) is 0.261. The molecule has 0 saturated carbocycles. The fourth-order valence-electron chi connectivity index (χ4n) is 2.70. The molecule has 8 nitrogen and oxygen atoms in total. The number of hydrogen-bond donors (Lipinski definition) is 4. The molecular formula is C23H30FN5O3. The Morgan fingerprint density at radius 2 is 1.88 bits per heavy atom. The highest BCUT2D eigenvalue weighted by molar-refractivity contribution is 5.82. The van der Waals surface area contributed by atoms with Crippen LogP contribution in [0.4, 0.5) is 10.1 Å². The van der Waals surface area contributed by atoms with Crippen LogP contribution in [0.2, 0.25) is 0 Å². The van der Waals surface area contributed by atoms with Crippen molar-refractivity contribution in [1.82, 2.24) is 4.98 Å². The maximum atomic E-state index is 13.5. The van der Waals surface area contributed by atoms with E-state index in [9.17, 15) is 9.50 Å². The van der Waals surface area contributed by atoms with Crippen molar-refractivity contribution in [2.24, 2.45) is 17.3 Å². The summed E-state index contributed by atoms with van der Waals surface area (Å²) in [7, 11) is 0. The molecule has 7 N–H and O–H groups in total. The Kier molecular flexibility index (Phi) is 9.68. The Bertz CT molecular complexity index is 1050. The molecule has 0 amide bonds. The van der Waals surface area contributed by atoms with Crippen LogP contribution in [-0.4, -0.2) is 36.5 Å². The van der Waals surface area contributed by atoms with Gasteiger partial charge in [-0.15, -0.1) is 0 Å². The van der Waals surface area contributed by atoms with Crippen LogP contribution in [0.1, 0.15) is 19.5 Å². The minimum Gasteiger partial charge on any atom is -0.505 e. The van der Waals surface area contributed by atoms with Gasteiger partial charge in [-0.25, -0.2) is 15.2 Å². The monoisotopic (exact) mass is 443 g/mol. The Morgan fingerprint density at radius 1 is 1.09 bits per heavy atom. The summed E-state index contributed by atoms with van der Waals surface area (Å²) >= 11 is 0. The number of rotatable bonds is 9. The number of halogens is 1. The van der Waals surface area contributed by atoms with Crippen molar-refractivity contribution in [3.63, 3.8) is 0 Å². The van der Waals surface area contributed by atoms with E-state index in [1.165, 1.54) is 18.3 Å². The molecule has 1 heterocycles. The second-order valence-corrected chi connectivity index (χ2v) is 6.43. The van der Waals surface area contributed by atoms with Gasteiger partial charge in [0, 0.05) is 24.2 Å². The molecular weight excluding hydrogens is 413 g/mol. The maximum absolute atomic E-state index is 13.5. The van der Waals surface area contributed by atoms with Gasteiger partial charge in [0.1, 0.15) is 12.4 Å². The van der Waals surface area contributed by atoms with Crippen molar-refractivity contribution in [2.75, 3.05) is 31.4 Å². The van der Waals surface area contributed by atoms with Gasteiger partial charge in [0.2, 0.25) is 0 Å². The van der Waals surface area contributed by atoms with Gasteiger partial charge in [-0.1, -0.05) is 19.9 Å². The SMILES string of the molecule is CC.NCCOCCOc1ccc2nc(/C(N)=C/N(N)c3ccc(O)c(F)c3)ccc2c1. The van der Waals surface area contributed by atoms with Crippen molar-refractivity contribution in [2.45, 2.75) is 13.8 Å². The first-order valence-corrected chi connectivity index (χ1v) is 10.3. The third kappa shape index (κ3) is 6.81.